The molecular formula is C18H22N2O. The van der Waals surface area contributed by atoms with Crippen LogP contribution in [-0.2, 0) is 11.2 Å². The second-order valence-electron chi connectivity index (χ2n) is 5.17. The van der Waals surface area contributed by atoms with Crippen molar-refractivity contribution in [3.63, 3.8) is 0 Å². The molecule has 21 heavy (non-hydrogen) atoms. The van der Waals surface area contributed by atoms with Crippen molar-refractivity contribution >= 4 is 17.3 Å². The minimum atomic E-state index is -0.290. The van der Waals surface area contributed by atoms with Gasteiger partial charge in [0.15, 0.2) is 0 Å². The molecule has 2 rings (SSSR count). The zero-order chi connectivity index (χ0) is 15.1. The van der Waals surface area contributed by atoms with E-state index in [2.05, 4.69) is 29.7 Å². The van der Waals surface area contributed by atoms with Crippen molar-refractivity contribution in [2.24, 2.45) is 0 Å². The largest absolute Gasteiger partial charge is 0.374 e. The summed E-state index contributed by atoms with van der Waals surface area (Å²) in [6, 6.07) is 17.5. The SMILES string of the molecule is CCCc1ccc(NC(C)C(=O)Nc2ccccc2)cc1. The summed E-state index contributed by atoms with van der Waals surface area (Å²) in [5, 5.41) is 6.11. The van der Waals surface area contributed by atoms with Gasteiger partial charge in [0.1, 0.15) is 6.04 Å². The predicted octanol–water partition coefficient (Wildman–Crippen LogP) is 4.08. The number of hydrogen-bond acceptors (Lipinski definition) is 2. The summed E-state index contributed by atoms with van der Waals surface area (Å²) >= 11 is 0. The summed E-state index contributed by atoms with van der Waals surface area (Å²) in [7, 11) is 0. The van der Waals surface area contributed by atoms with E-state index >= 15 is 0 Å². The predicted molar refractivity (Wildman–Crippen MR) is 88.6 cm³/mol. The number of carbonyl (C=O) groups is 1. The van der Waals surface area contributed by atoms with Crippen LogP contribution >= 0.6 is 0 Å². The average molecular weight is 282 g/mol. The monoisotopic (exact) mass is 282 g/mol. The average Bonchev–Trinajstić information content (AvgIpc) is 2.50. The zero-order valence-corrected chi connectivity index (χ0v) is 12.6. The van der Waals surface area contributed by atoms with E-state index in [4.69, 9.17) is 0 Å². The molecular weight excluding hydrogens is 260 g/mol. The first-order chi connectivity index (χ1) is 10.2. The van der Waals surface area contributed by atoms with E-state index in [1.165, 1.54) is 5.56 Å². The van der Waals surface area contributed by atoms with Crippen molar-refractivity contribution in [2.75, 3.05) is 10.6 Å². The van der Waals surface area contributed by atoms with E-state index in [0.29, 0.717) is 0 Å². The minimum Gasteiger partial charge on any atom is -0.374 e. The molecule has 2 aromatic carbocycles. The maximum absolute atomic E-state index is 12.1. The fourth-order valence-corrected chi connectivity index (χ4v) is 2.14. The molecule has 0 radical (unpaired) electrons. The highest BCUT2D eigenvalue weighted by atomic mass is 16.2. The van der Waals surface area contributed by atoms with Crippen molar-refractivity contribution < 1.29 is 4.79 Å². The van der Waals surface area contributed by atoms with Crippen molar-refractivity contribution in [2.45, 2.75) is 32.7 Å². The first-order valence-corrected chi connectivity index (χ1v) is 7.40. The van der Waals surface area contributed by atoms with Crippen LogP contribution in [0.2, 0.25) is 0 Å². The molecule has 110 valence electrons. The van der Waals surface area contributed by atoms with Gasteiger partial charge >= 0.3 is 0 Å². The van der Waals surface area contributed by atoms with E-state index in [9.17, 15) is 4.79 Å². The van der Waals surface area contributed by atoms with Gasteiger partial charge in [-0.2, -0.15) is 0 Å². The summed E-state index contributed by atoms with van der Waals surface area (Å²) in [5.41, 5.74) is 3.10. The van der Waals surface area contributed by atoms with Gasteiger partial charge in [-0.15, -0.1) is 0 Å². The molecule has 1 amide bonds. The fraction of sp³-hybridized carbons (Fsp3) is 0.278. The van der Waals surface area contributed by atoms with Crippen LogP contribution in [0.4, 0.5) is 11.4 Å². The first-order valence-electron chi connectivity index (χ1n) is 7.40. The third kappa shape index (κ3) is 4.63. The lowest BCUT2D eigenvalue weighted by molar-refractivity contribution is -0.116. The summed E-state index contributed by atoms with van der Waals surface area (Å²) in [6.45, 7) is 4.03. The van der Waals surface area contributed by atoms with Crippen LogP contribution in [-0.4, -0.2) is 11.9 Å². The molecule has 0 aliphatic rings. The summed E-state index contributed by atoms with van der Waals surface area (Å²) in [4.78, 5) is 12.1. The van der Waals surface area contributed by atoms with E-state index in [0.717, 1.165) is 24.2 Å². The van der Waals surface area contributed by atoms with Crippen LogP contribution in [0.1, 0.15) is 25.8 Å². The lowest BCUT2D eigenvalue weighted by Crippen LogP contribution is -2.31. The fourth-order valence-electron chi connectivity index (χ4n) is 2.14. The number of amides is 1. The normalized spacial score (nSPS) is 11.7. The highest BCUT2D eigenvalue weighted by Crippen LogP contribution is 2.13. The summed E-state index contributed by atoms with van der Waals surface area (Å²) in [5.74, 6) is -0.0427. The van der Waals surface area contributed by atoms with Crippen LogP contribution in [0.5, 0.6) is 0 Å². The molecule has 3 nitrogen and oxygen atoms in total. The Bertz CT molecular complexity index is 564. The minimum absolute atomic E-state index is 0.0427. The quantitative estimate of drug-likeness (QED) is 0.838. The third-order valence-corrected chi connectivity index (χ3v) is 3.31. The maximum Gasteiger partial charge on any atom is 0.246 e. The van der Waals surface area contributed by atoms with Crippen molar-refractivity contribution in [3.8, 4) is 0 Å². The lowest BCUT2D eigenvalue weighted by Gasteiger charge is -2.15. The standard InChI is InChI=1S/C18H22N2O/c1-3-7-15-10-12-17(13-11-15)19-14(2)18(21)20-16-8-5-4-6-9-16/h4-6,8-14,19H,3,7H2,1-2H3,(H,20,21). The molecule has 0 spiro atoms. The number of carbonyl (C=O) groups excluding carboxylic acids is 1. The Morgan fingerprint density at radius 2 is 1.67 bits per heavy atom. The molecule has 0 bridgehead atoms. The van der Waals surface area contributed by atoms with E-state index < -0.39 is 0 Å². The number of para-hydroxylation sites is 1. The molecule has 0 aromatic heterocycles. The van der Waals surface area contributed by atoms with Crippen molar-refractivity contribution in [3.05, 3.63) is 60.2 Å². The zero-order valence-electron chi connectivity index (χ0n) is 12.6. The number of anilines is 2. The van der Waals surface area contributed by atoms with Gasteiger partial charge in [0.2, 0.25) is 5.91 Å². The van der Waals surface area contributed by atoms with Gasteiger partial charge in [-0.05, 0) is 43.2 Å². The van der Waals surface area contributed by atoms with Gasteiger partial charge in [-0.1, -0.05) is 43.7 Å². The third-order valence-electron chi connectivity index (χ3n) is 3.31. The molecule has 2 aromatic rings. The molecule has 0 saturated heterocycles. The molecule has 1 unspecified atom stereocenters. The molecule has 0 fully saturated rings. The molecule has 0 aliphatic heterocycles. The van der Waals surface area contributed by atoms with Crippen molar-refractivity contribution in [1.29, 1.82) is 0 Å². The van der Waals surface area contributed by atoms with Crippen LogP contribution in [0.3, 0.4) is 0 Å². The second kappa shape index (κ2) is 7.48. The van der Waals surface area contributed by atoms with Gasteiger partial charge in [0.25, 0.3) is 0 Å². The smallest absolute Gasteiger partial charge is 0.246 e. The maximum atomic E-state index is 12.1. The number of aryl methyl sites for hydroxylation is 1. The molecule has 2 N–H and O–H groups in total. The van der Waals surface area contributed by atoms with E-state index in [1.807, 2.05) is 49.4 Å². The molecule has 3 heteroatoms. The molecule has 0 aliphatic carbocycles. The van der Waals surface area contributed by atoms with Gasteiger partial charge in [-0.25, -0.2) is 0 Å². The first kappa shape index (κ1) is 15.1. The summed E-state index contributed by atoms with van der Waals surface area (Å²) < 4.78 is 0. The lowest BCUT2D eigenvalue weighted by atomic mass is 10.1. The second-order valence-corrected chi connectivity index (χ2v) is 5.17. The van der Waals surface area contributed by atoms with Crippen LogP contribution in [0, 0.1) is 0 Å². The number of rotatable bonds is 6. The molecule has 0 saturated carbocycles. The van der Waals surface area contributed by atoms with Crippen LogP contribution in [0.15, 0.2) is 54.6 Å². The Morgan fingerprint density at radius 1 is 1.00 bits per heavy atom. The highest BCUT2D eigenvalue weighted by molar-refractivity contribution is 5.96. The number of hydrogen-bond donors (Lipinski definition) is 2. The highest BCUT2D eigenvalue weighted by Gasteiger charge is 2.12. The van der Waals surface area contributed by atoms with Crippen molar-refractivity contribution in [1.82, 2.24) is 0 Å². The Balaban J connectivity index is 1.91. The topological polar surface area (TPSA) is 41.1 Å². The van der Waals surface area contributed by atoms with Gasteiger partial charge in [-0.3, -0.25) is 4.79 Å². The Labute approximate surface area is 126 Å². The van der Waals surface area contributed by atoms with E-state index in [1.54, 1.807) is 0 Å². The van der Waals surface area contributed by atoms with Gasteiger partial charge < -0.3 is 10.6 Å². The summed E-state index contributed by atoms with van der Waals surface area (Å²) in [6.07, 6.45) is 2.23. The van der Waals surface area contributed by atoms with E-state index in [-0.39, 0.29) is 11.9 Å². The Hall–Kier alpha value is -2.29. The van der Waals surface area contributed by atoms with Crippen LogP contribution < -0.4 is 10.6 Å². The van der Waals surface area contributed by atoms with Gasteiger partial charge in [0.05, 0.1) is 0 Å². The van der Waals surface area contributed by atoms with Gasteiger partial charge in [0, 0.05) is 11.4 Å². The van der Waals surface area contributed by atoms with Crippen LogP contribution in [0.25, 0.3) is 0 Å². The Kier molecular flexibility index (Phi) is 5.38. The molecule has 1 atom stereocenters. The molecule has 0 heterocycles. The number of nitrogens with one attached hydrogen (secondary N) is 2. The number of benzene rings is 2. The Morgan fingerprint density at radius 3 is 2.29 bits per heavy atom.